The van der Waals surface area contributed by atoms with Crippen LogP contribution in [-0.2, 0) is 9.59 Å². The van der Waals surface area contributed by atoms with Crippen molar-refractivity contribution in [3.63, 3.8) is 0 Å². The average Bonchev–Trinajstić information content (AvgIpc) is 2.92. The number of rotatable bonds is 29. The second-order valence-corrected chi connectivity index (χ2v) is 12.6. The highest BCUT2D eigenvalue weighted by atomic mass is 16.4. The van der Waals surface area contributed by atoms with Crippen molar-refractivity contribution in [2.24, 2.45) is 23.2 Å². The molecule has 0 fully saturated rings. The highest BCUT2D eigenvalue weighted by Crippen LogP contribution is 2.47. The van der Waals surface area contributed by atoms with Crippen LogP contribution in [0.25, 0.3) is 0 Å². The van der Waals surface area contributed by atoms with Gasteiger partial charge >= 0.3 is 11.9 Å². The summed E-state index contributed by atoms with van der Waals surface area (Å²) in [6.45, 7) is 11.3. The average molecular weight is 553 g/mol. The summed E-state index contributed by atoms with van der Waals surface area (Å²) in [5, 5.41) is 19.6. The standard InChI is InChI=1S/C35H68O4/c1-6-11-24-30(8-3)28-35(34(38)39,29-31(9-4)25-12-7-2)32(10-5)26-22-20-18-16-14-13-15-17-19-21-23-27-33(36)37/h30-32H,6-29H2,1-5H3,(H,36,37)(H,38,39). The van der Waals surface area contributed by atoms with E-state index < -0.39 is 17.4 Å². The molecule has 4 nitrogen and oxygen atoms in total. The summed E-state index contributed by atoms with van der Waals surface area (Å²) >= 11 is 0. The monoisotopic (exact) mass is 553 g/mol. The number of aliphatic carboxylic acids is 2. The van der Waals surface area contributed by atoms with Gasteiger partial charge in [0.15, 0.2) is 0 Å². The van der Waals surface area contributed by atoms with Gasteiger partial charge in [0.05, 0.1) is 5.41 Å². The van der Waals surface area contributed by atoms with Crippen LogP contribution in [0.15, 0.2) is 0 Å². The predicted molar refractivity (Wildman–Crippen MR) is 167 cm³/mol. The maximum atomic E-state index is 13.2. The molecule has 0 aromatic carbocycles. The van der Waals surface area contributed by atoms with E-state index in [1.54, 1.807) is 0 Å². The summed E-state index contributed by atoms with van der Waals surface area (Å²) in [6, 6.07) is 0. The van der Waals surface area contributed by atoms with Gasteiger partial charge in [0.25, 0.3) is 0 Å². The largest absolute Gasteiger partial charge is 0.481 e. The molecule has 0 amide bonds. The van der Waals surface area contributed by atoms with E-state index in [0.29, 0.717) is 18.3 Å². The lowest BCUT2D eigenvalue weighted by molar-refractivity contribution is -0.157. The highest BCUT2D eigenvalue weighted by molar-refractivity contribution is 5.75. The van der Waals surface area contributed by atoms with Gasteiger partial charge in [-0.25, -0.2) is 0 Å². The number of hydrogen-bond acceptors (Lipinski definition) is 2. The third-order valence-corrected chi connectivity index (χ3v) is 9.54. The van der Waals surface area contributed by atoms with E-state index in [2.05, 4.69) is 34.6 Å². The molecule has 0 spiro atoms. The predicted octanol–water partition coefficient (Wildman–Crippen LogP) is 11.5. The number of carboxylic acids is 2. The highest BCUT2D eigenvalue weighted by Gasteiger charge is 2.46. The van der Waals surface area contributed by atoms with Crippen molar-refractivity contribution in [3.05, 3.63) is 0 Å². The first-order valence-corrected chi connectivity index (χ1v) is 17.3. The molecule has 0 heterocycles. The van der Waals surface area contributed by atoms with Crippen LogP contribution in [0, 0.1) is 23.2 Å². The molecule has 232 valence electrons. The first-order valence-electron chi connectivity index (χ1n) is 17.3. The van der Waals surface area contributed by atoms with Crippen molar-refractivity contribution in [2.45, 2.75) is 189 Å². The van der Waals surface area contributed by atoms with Gasteiger partial charge in [-0.15, -0.1) is 0 Å². The van der Waals surface area contributed by atoms with E-state index >= 15 is 0 Å². The lowest BCUT2D eigenvalue weighted by atomic mass is 9.61. The van der Waals surface area contributed by atoms with E-state index in [-0.39, 0.29) is 5.92 Å². The molecule has 0 aliphatic rings. The van der Waals surface area contributed by atoms with Gasteiger partial charge in [0.1, 0.15) is 0 Å². The lowest BCUT2D eigenvalue weighted by Crippen LogP contribution is -2.42. The lowest BCUT2D eigenvalue weighted by Gasteiger charge is -2.42. The quantitative estimate of drug-likeness (QED) is 0.0905. The summed E-state index contributed by atoms with van der Waals surface area (Å²) in [6.07, 6.45) is 26.4. The number of unbranched alkanes of at least 4 members (excludes halogenated alkanes) is 12. The normalized spacial score (nSPS) is 15.5. The van der Waals surface area contributed by atoms with Crippen LogP contribution in [0.3, 0.4) is 0 Å². The van der Waals surface area contributed by atoms with Crippen molar-refractivity contribution in [1.82, 2.24) is 0 Å². The molecule has 3 unspecified atom stereocenters. The minimum Gasteiger partial charge on any atom is -0.481 e. The molecular weight excluding hydrogens is 484 g/mol. The van der Waals surface area contributed by atoms with E-state index in [4.69, 9.17) is 5.11 Å². The fourth-order valence-electron chi connectivity index (χ4n) is 6.81. The maximum Gasteiger partial charge on any atom is 0.309 e. The SMILES string of the molecule is CCCCC(CC)CC(CC(CC)CCCC)(C(=O)O)C(CC)CCCCCCCCCCCCCC(=O)O. The Balaban J connectivity index is 4.89. The van der Waals surface area contributed by atoms with Crippen LogP contribution in [-0.4, -0.2) is 22.2 Å². The number of carboxylic acid groups (broad SMARTS) is 2. The minimum atomic E-state index is -0.678. The minimum absolute atomic E-state index is 0.280. The Bertz CT molecular complexity index is 569. The zero-order valence-electron chi connectivity index (χ0n) is 26.9. The fourth-order valence-corrected chi connectivity index (χ4v) is 6.81. The fraction of sp³-hybridized carbons (Fsp3) is 0.943. The molecular formula is C35H68O4. The van der Waals surface area contributed by atoms with Crippen LogP contribution in [0.1, 0.15) is 189 Å². The van der Waals surface area contributed by atoms with Crippen molar-refractivity contribution in [1.29, 1.82) is 0 Å². The first kappa shape index (κ1) is 37.9. The molecule has 0 saturated heterocycles. The molecule has 0 rings (SSSR count). The Morgan fingerprint density at radius 1 is 0.538 bits per heavy atom. The summed E-state index contributed by atoms with van der Waals surface area (Å²) < 4.78 is 0. The Hall–Kier alpha value is -1.06. The van der Waals surface area contributed by atoms with Gasteiger partial charge in [-0.3, -0.25) is 9.59 Å². The van der Waals surface area contributed by atoms with E-state index in [9.17, 15) is 14.7 Å². The van der Waals surface area contributed by atoms with Crippen LogP contribution >= 0.6 is 0 Å². The van der Waals surface area contributed by atoms with Gasteiger partial charge in [-0.1, -0.05) is 157 Å². The van der Waals surface area contributed by atoms with Crippen LogP contribution in [0.2, 0.25) is 0 Å². The van der Waals surface area contributed by atoms with Crippen molar-refractivity contribution in [3.8, 4) is 0 Å². The van der Waals surface area contributed by atoms with Crippen LogP contribution < -0.4 is 0 Å². The van der Waals surface area contributed by atoms with Crippen LogP contribution in [0.5, 0.6) is 0 Å². The third kappa shape index (κ3) is 17.4. The first-order chi connectivity index (χ1) is 18.8. The van der Waals surface area contributed by atoms with Gasteiger partial charge in [0, 0.05) is 6.42 Å². The topological polar surface area (TPSA) is 74.6 Å². The Morgan fingerprint density at radius 2 is 0.949 bits per heavy atom. The molecule has 0 saturated carbocycles. The zero-order chi connectivity index (χ0) is 29.4. The van der Waals surface area contributed by atoms with E-state index in [0.717, 1.165) is 64.2 Å². The van der Waals surface area contributed by atoms with Crippen molar-refractivity contribution in [2.75, 3.05) is 0 Å². The van der Waals surface area contributed by atoms with Crippen molar-refractivity contribution < 1.29 is 19.8 Å². The van der Waals surface area contributed by atoms with Crippen molar-refractivity contribution >= 4 is 11.9 Å². The molecule has 0 aliphatic carbocycles. The molecule has 0 bridgehead atoms. The zero-order valence-corrected chi connectivity index (χ0v) is 26.9. The molecule has 0 radical (unpaired) electrons. The molecule has 39 heavy (non-hydrogen) atoms. The molecule has 2 N–H and O–H groups in total. The molecule has 3 atom stereocenters. The number of hydrogen-bond donors (Lipinski definition) is 2. The van der Waals surface area contributed by atoms with Gasteiger partial charge in [0.2, 0.25) is 0 Å². The van der Waals surface area contributed by atoms with Gasteiger partial charge in [-0.2, -0.15) is 0 Å². The maximum absolute atomic E-state index is 13.2. The van der Waals surface area contributed by atoms with Crippen LogP contribution in [0.4, 0.5) is 0 Å². The molecule has 0 aromatic rings. The molecule has 0 aliphatic heterocycles. The second kappa shape index (κ2) is 24.7. The molecule has 0 aromatic heterocycles. The summed E-state index contributed by atoms with van der Waals surface area (Å²) in [4.78, 5) is 23.8. The van der Waals surface area contributed by atoms with E-state index in [1.807, 2.05) is 0 Å². The van der Waals surface area contributed by atoms with Gasteiger partial charge in [-0.05, 0) is 43.4 Å². The summed E-state index contributed by atoms with van der Waals surface area (Å²) in [5.41, 5.74) is -0.567. The summed E-state index contributed by atoms with van der Waals surface area (Å²) in [5.74, 6) is 0.139. The van der Waals surface area contributed by atoms with E-state index in [1.165, 1.54) is 83.5 Å². The Morgan fingerprint density at radius 3 is 1.28 bits per heavy atom. The van der Waals surface area contributed by atoms with Gasteiger partial charge < -0.3 is 10.2 Å². The molecule has 4 heteroatoms. The number of carbonyl (C=O) groups is 2. The summed E-state index contributed by atoms with van der Waals surface area (Å²) in [7, 11) is 0. The Kier molecular flexibility index (Phi) is 24.0. The second-order valence-electron chi connectivity index (χ2n) is 12.6. The smallest absolute Gasteiger partial charge is 0.309 e. The Labute approximate surface area is 243 Å². The third-order valence-electron chi connectivity index (χ3n) is 9.54.